The maximum Gasteiger partial charge on any atom is 0.137 e. The van der Waals surface area contributed by atoms with E-state index < -0.39 is 0 Å². The van der Waals surface area contributed by atoms with Gasteiger partial charge < -0.3 is 0 Å². The summed E-state index contributed by atoms with van der Waals surface area (Å²) < 4.78 is 0. The molecule has 1 aromatic carbocycles. The molecule has 0 saturated heterocycles. The van der Waals surface area contributed by atoms with Gasteiger partial charge in [0.15, 0.2) is 0 Å². The molecule has 0 spiro atoms. The molecule has 2 nitrogen and oxygen atoms in total. The standard InChI is InChI=1S/C15H20ClNO/c1-11(12-5-3-7-14(16)9-12)17(2)10-13-6-4-8-15(13)18/h3,5,7,9,11,13H,4,6,8,10H2,1-2H3. The highest BCUT2D eigenvalue weighted by Crippen LogP contribution is 2.26. The number of hydrogen-bond acceptors (Lipinski definition) is 2. The van der Waals surface area contributed by atoms with Crippen molar-refractivity contribution in [1.29, 1.82) is 0 Å². The Labute approximate surface area is 114 Å². The van der Waals surface area contributed by atoms with E-state index in [1.165, 1.54) is 5.56 Å². The van der Waals surface area contributed by atoms with Crippen LogP contribution in [-0.2, 0) is 4.79 Å². The van der Waals surface area contributed by atoms with E-state index in [0.29, 0.717) is 5.78 Å². The average Bonchev–Trinajstić information content (AvgIpc) is 2.74. The second-order valence-electron chi connectivity index (χ2n) is 5.23. The van der Waals surface area contributed by atoms with Gasteiger partial charge in [-0.25, -0.2) is 0 Å². The summed E-state index contributed by atoms with van der Waals surface area (Å²) in [4.78, 5) is 13.9. The van der Waals surface area contributed by atoms with E-state index in [9.17, 15) is 4.79 Å². The van der Waals surface area contributed by atoms with Gasteiger partial charge in [0, 0.05) is 29.9 Å². The monoisotopic (exact) mass is 265 g/mol. The number of benzene rings is 1. The lowest BCUT2D eigenvalue weighted by molar-refractivity contribution is -0.121. The minimum absolute atomic E-state index is 0.233. The van der Waals surface area contributed by atoms with Gasteiger partial charge in [-0.3, -0.25) is 9.69 Å². The zero-order valence-electron chi connectivity index (χ0n) is 11.0. The van der Waals surface area contributed by atoms with Gasteiger partial charge in [-0.2, -0.15) is 0 Å². The van der Waals surface area contributed by atoms with Crippen LogP contribution in [0.2, 0.25) is 5.02 Å². The van der Waals surface area contributed by atoms with Crippen LogP contribution in [0.3, 0.4) is 0 Å². The highest BCUT2D eigenvalue weighted by molar-refractivity contribution is 6.30. The van der Waals surface area contributed by atoms with Gasteiger partial charge >= 0.3 is 0 Å². The van der Waals surface area contributed by atoms with Crippen LogP contribution in [-0.4, -0.2) is 24.3 Å². The summed E-state index contributed by atoms with van der Waals surface area (Å²) in [5.41, 5.74) is 1.20. The molecule has 0 amide bonds. The quantitative estimate of drug-likeness (QED) is 0.827. The van der Waals surface area contributed by atoms with E-state index in [0.717, 1.165) is 30.8 Å². The number of rotatable bonds is 4. The third-order valence-corrected chi connectivity index (χ3v) is 4.17. The van der Waals surface area contributed by atoms with E-state index >= 15 is 0 Å². The number of ketones is 1. The summed E-state index contributed by atoms with van der Waals surface area (Å²) in [5.74, 6) is 0.664. The van der Waals surface area contributed by atoms with Crippen molar-refractivity contribution >= 4 is 17.4 Å². The van der Waals surface area contributed by atoms with Gasteiger partial charge in [-0.1, -0.05) is 23.7 Å². The maximum absolute atomic E-state index is 11.7. The van der Waals surface area contributed by atoms with Crippen molar-refractivity contribution in [1.82, 2.24) is 4.90 Å². The summed E-state index contributed by atoms with van der Waals surface area (Å²) in [5, 5.41) is 0.768. The van der Waals surface area contributed by atoms with Crippen molar-refractivity contribution in [3.63, 3.8) is 0 Å². The van der Waals surface area contributed by atoms with Crippen molar-refractivity contribution in [3.05, 3.63) is 34.9 Å². The molecule has 2 atom stereocenters. The first kappa shape index (κ1) is 13.6. The van der Waals surface area contributed by atoms with Crippen LogP contribution in [0.5, 0.6) is 0 Å². The summed E-state index contributed by atoms with van der Waals surface area (Å²) in [6, 6.07) is 8.24. The van der Waals surface area contributed by atoms with Crippen LogP contribution in [0, 0.1) is 5.92 Å². The number of hydrogen-bond donors (Lipinski definition) is 0. The Hall–Kier alpha value is -0.860. The predicted molar refractivity (Wildman–Crippen MR) is 74.8 cm³/mol. The molecule has 2 rings (SSSR count). The fourth-order valence-electron chi connectivity index (χ4n) is 2.61. The van der Waals surface area contributed by atoms with Gasteiger partial charge in [-0.05, 0) is 44.5 Å². The molecule has 0 bridgehead atoms. The van der Waals surface area contributed by atoms with E-state index in [4.69, 9.17) is 11.6 Å². The lowest BCUT2D eigenvalue weighted by Crippen LogP contribution is -2.30. The lowest BCUT2D eigenvalue weighted by atomic mass is 10.0. The Morgan fingerprint density at radius 1 is 1.50 bits per heavy atom. The van der Waals surface area contributed by atoms with Crippen LogP contribution in [0.4, 0.5) is 0 Å². The minimum Gasteiger partial charge on any atom is -0.299 e. The maximum atomic E-state index is 11.7. The molecular formula is C15H20ClNO. The summed E-state index contributed by atoms with van der Waals surface area (Å²) in [6.45, 7) is 3.01. The van der Waals surface area contributed by atoms with E-state index in [2.05, 4.69) is 24.9 Å². The molecule has 1 fully saturated rings. The summed E-state index contributed by atoms with van der Waals surface area (Å²) in [7, 11) is 2.08. The van der Waals surface area contributed by atoms with Gasteiger partial charge in [0.25, 0.3) is 0 Å². The Bertz CT molecular complexity index is 432. The Balaban J connectivity index is 2.00. The molecule has 1 aliphatic rings. The first-order chi connectivity index (χ1) is 8.58. The highest BCUT2D eigenvalue weighted by Gasteiger charge is 2.26. The van der Waals surface area contributed by atoms with Gasteiger partial charge in [0.2, 0.25) is 0 Å². The molecule has 0 radical (unpaired) electrons. The third-order valence-electron chi connectivity index (χ3n) is 3.93. The largest absolute Gasteiger partial charge is 0.299 e. The van der Waals surface area contributed by atoms with E-state index in [1.54, 1.807) is 0 Å². The van der Waals surface area contributed by atoms with Crippen LogP contribution in [0.1, 0.15) is 37.8 Å². The average molecular weight is 266 g/mol. The van der Waals surface area contributed by atoms with Gasteiger partial charge in [-0.15, -0.1) is 0 Å². The van der Waals surface area contributed by atoms with Crippen molar-refractivity contribution in [2.45, 2.75) is 32.2 Å². The van der Waals surface area contributed by atoms with Crippen molar-refractivity contribution in [2.24, 2.45) is 5.92 Å². The fourth-order valence-corrected chi connectivity index (χ4v) is 2.81. The number of carbonyl (C=O) groups is 1. The van der Waals surface area contributed by atoms with Crippen molar-refractivity contribution < 1.29 is 4.79 Å². The van der Waals surface area contributed by atoms with E-state index in [-0.39, 0.29) is 12.0 Å². The number of halogens is 1. The topological polar surface area (TPSA) is 20.3 Å². The molecule has 1 saturated carbocycles. The third kappa shape index (κ3) is 3.12. The van der Waals surface area contributed by atoms with Crippen LogP contribution < -0.4 is 0 Å². The molecule has 0 aromatic heterocycles. The summed E-state index contributed by atoms with van der Waals surface area (Å²) in [6.07, 6.45) is 2.87. The number of nitrogens with zero attached hydrogens (tertiary/aromatic N) is 1. The molecule has 18 heavy (non-hydrogen) atoms. The number of Topliss-reactive ketones (excluding diaryl/α,β-unsaturated/α-hetero) is 1. The zero-order chi connectivity index (χ0) is 13.1. The van der Waals surface area contributed by atoms with E-state index in [1.807, 2.05) is 18.2 Å². The minimum atomic E-state index is 0.233. The lowest BCUT2D eigenvalue weighted by Gasteiger charge is -2.27. The van der Waals surface area contributed by atoms with Crippen molar-refractivity contribution in [2.75, 3.05) is 13.6 Å². The first-order valence-corrected chi connectivity index (χ1v) is 6.94. The molecular weight excluding hydrogens is 246 g/mol. The van der Waals surface area contributed by atoms with Crippen LogP contribution >= 0.6 is 11.6 Å². The Morgan fingerprint density at radius 3 is 2.89 bits per heavy atom. The predicted octanol–water partition coefficient (Wildman–Crippen LogP) is 3.70. The first-order valence-electron chi connectivity index (χ1n) is 6.56. The Kier molecular flexibility index (Phi) is 4.41. The summed E-state index contributed by atoms with van der Waals surface area (Å²) >= 11 is 6.01. The molecule has 1 aromatic rings. The molecule has 2 unspecified atom stereocenters. The smallest absolute Gasteiger partial charge is 0.137 e. The normalized spacial score (nSPS) is 21.6. The second kappa shape index (κ2) is 5.85. The molecule has 1 aliphatic carbocycles. The molecule has 0 aliphatic heterocycles. The van der Waals surface area contributed by atoms with Crippen LogP contribution in [0.15, 0.2) is 24.3 Å². The van der Waals surface area contributed by atoms with Gasteiger partial charge in [0.05, 0.1) is 0 Å². The zero-order valence-corrected chi connectivity index (χ0v) is 11.8. The van der Waals surface area contributed by atoms with Crippen LogP contribution in [0.25, 0.3) is 0 Å². The second-order valence-corrected chi connectivity index (χ2v) is 5.66. The molecule has 0 N–H and O–H groups in total. The SMILES string of the molecule is CC(c1cccc(Cl)c1)N(C)CC1CCCC1=O. The molecule has 3 heteroatoms. The Morgan fingerprint density at radius 2 is 2.28 bits per heavy atom. The van der Waals surface area contributed by atoms with Gasteiger partial charge in [0.1, 0.15) is 5.78 Å². The highest BCUT2D eigenvalue weighted by atomic mass is 35.5. The fraction of sp³-hybridized carbons (Fsp3) is 0.533. The number of carbonyl (C=O) groups excluding carboxylic acids is 1. The van der Waals surface area contributed by atoms with Crippen molar-refractivity contribution in [3.8, 4) is 0 Å². The molecule has 98 valence electrons. The molecule has 0 heterocycles.